The summed E-state index contributed by atoms with van der Waals surface area (Å²) in [6.45, 7) is 3.25. The number of hydrogen-bond acceptors (Lipinski definition) is 5. The van der Waals surface area contributed by atoms with E-state index in [0.29, 0.717) is 11.3 Å². The molecule has 0 aliphatic rings. The SMILES string of the molecule is CCOC(=O)C(Cc1ccc(OC(C)=O)cc1)NC(=O)c1ccc[n+](C)c1. The molecule has 1 atom stereocenters. The zero-order valence-electron chi connectivity index (χ0n) is 15.6. The summed E-state index contributed by atoms with van der Waals surface area (Å²) < 4.78 is 11.8. The number of carbonyl (C=O) groups excluding carboxylic acids is 3. The molecule has 142 valence electrons. The summed E-state index contributed by atoms with van der Waals surface area (Å²) in [5, 5.41) is 2.73. The van der Waals surface area contributed by atoms with Crippen molar-refractivity contribution < 1.29 is 28.4 Å². The van der Waals surface area contributed by atoms with Crippen LogP contribution in [0.15, 0.2) is 48.8 Å². The van der Waals surface area contributed by atoms with E-state index < -0.39 is 18.0 Å². The van der Waals surface area contributed by atoms with Crippen LogP contribution in [0.3, 0.4) is 0 Å². The van der Waals surface area contributed by atoms with Crippen LogP contribution in [0.2, 0.25) is 0 Å². The zero-order chi connectivity index (χ0) is 19.8. The summed E-state index contributed by atoms with van der Waals surface area (Å²) in [6, 6.07) is 9.34. The second-order valence-corrected chi connectivity index (χ2v) is 5.98. The lowest BCUT2D eigenvalue weighted by Gasteiger charge is -2.17. The van der Waals surface area contributed by atoms with Crippen LogP contribution in [-0.2, 0) is 27.8 Å². The normalized spacial score (nSPS) is 11.4. The number of rotatable bonds is 7. The Bertz CT molecular complexity index is 817. The van der Waals surface area contributed by atoms with Crippen LogP contribution in [0.1, 0.15) is 29.8 Å². The average Bonchev–Trinajstić information content (AvgIpc) is 2.62. The first-order valence-corrected chi connectivity index (χ1v) is 8.59. The number of pyridine rings is 1. The van der Waals surface area contributed by atoms with Crippen molar-refractivity contribution in [2.24, 2.45) is 7.05 Å². The molecule has 0 aliphatic heterocycles. The van der Waals surface area contributed by atoms with Gasteiger partial charge in [-0.2, -0.15) is 0 Å². The number of aryl methyl sites for hydroxylation is 1. The Morgan fingerprint density at radius 2 is 1.85 bits per heavy atom. The lowest BCUT2D eigenvalue weighted by molar-refractivity contribution is -0.671. The van der Waals surface area contributed by atoms with Gasteiger partial charge in [-0.3, -0.25) is 9.59 Å². The molecule has 7 heteroatoms. The Balaban J connectivity index is 2.13. The quantitative estimate of drug-likeness (QED) is 0.451. The van der Waals surface area contributed by atoms with Crippen molar-refractivity contribution in [3.63, 3.8) is 0 Å². The van der Waals surface area contributed by atoms with Crippen molar-refractivity contribution >= 4 is 17.8 Å². The maximum absolute atomic E-state index is 12.5. The predicted molar refractivity (Wildman–Crippen MR) is 97.0 cm³/mol. The van der Waals surface area contributed by atoms with Crippen molar-refractivity contribution in [1.82, 2.24) is 5.32 Å². The van der Waals surface area contributed by atoms with E-state index in [-0.39, 0.29) is 18.9 Å². The standard InChI is InChI=1S/C20H22N2O5/c1-4-26-20(25)18(21-19(24)16-6-5-11-22(3)13-16)12-15-7-9-17(10-8-15)27-14(2)23/h5-11,13,18H,4,12H2,1-3H3/p+1. The molecule has 27 heavy (non-hydrogen) atoms. The molecule has 2 rings (SSSR count). The fraction of sp³-hybridized carbons (Fsp3) is 0.300. The first kappa shape index (κ1) is 20.1. The van der Waals surface area contributed by atoms with Crippen molar-refractivity contribution in [2.45, 2.75) is 26.3 Å². The molecule has 1 heterocycles. The van der Waals surface area contributed by atoms with Crippen molar-refractivity contribution in [3.05, 3.63) is 59.9 Å². The van der Waals surface area contributed by atoms with E-state index in [1.54, 1.807) is 54.1 Å². The van der Waals surface area contributed by atoms with Gasteiger partial charge in [0.25, 0.3) is 5.91 Å². The van der Waals surface area contributed by atoms with Crippen LogP contribution in [0.5, 0.6) is 5.75 Å². The smallest absolute Gasteiger partial charge is 0.328 e. The first-order chi connectivity index (χ1) is 12.9. The molecule has 0 bridgehead atoms. The van der Waals surface area contributed by atoms with Crippen LogP contribution in [0.25, 0.3) is 0 Å². The summed E-state index contributed by atoms with van der Waals surface area (Å²) in [5.41, 5.74) is 1.24. The van der Waals surface area contributed by atoms with E-state index in [0.717, 1.165) is 5.56 Å². The second kappa shape index (κ2) is 9.47. The summed E-state index contributed by atoms with van der Waals surface area (Å²) in [6.07, 6.45) is 3.74. The highest BCUT2D eigenvalue weighted by atomic mass is 16.5. The molecule has 0 saturated carbocycles. The zero-order valence-corrected chi connectivity index (χ0v) is 15.6. The predicted octanol–water partition coefficient (Wildman–Crippen LogP) is 1.34. The van der Waals surface area contributed by atoms with Crippen LogP contribution in [0.4, 0.5) is 0 Å². The molecule has 1 unspecified atom stereocenters. The molecule has 7 nitrogen and oxygen atoms in total. The molecule has 0 fully saturated rings. The van der Waals surface area contributed by atoms with E-state index in [1.807, 2.05) is 13.2 Å². The molecule has 0 spiro atoms. The van der Waals surface area contributed by atoms with Gasteiger partial charge in [-0.05, 0) is 30.7 Å². The fourth-order valence-electron chi connectivity index (χ4n) is 2.50. The molecule has 1 aromatic heterocycles. The Morgan fingerprint density at radius 3 is 2.44 bits per heavy atom. The largest absolute Gasteiger partial charge is 0.464 e. The number of nitrogens with zero attached hydrogens (tertiary/aromatic N) is 1. The van der Waals surface area contributed by atoms with Gasteiger partial charge >= 0.3 is 11.9 Å². The lowest BCUT2D eigenvalue weighted by atomic mass is 10.1. The van der Waals surface area contributed by atoms with E-state index in [4.69, 9.17) is 9.47 Å². The summed E-state index contributed by atoms with van der Waals surface area (Å²) in [5.74, 6) is -0.855. The van der Waals surface area contributed by atoms with Gasteiger partial charge in [-0.1, -0.05) is 12.1 Å². The van der Waals surface area contributed by atoms with Gasteiger partial charge in [-0.15, -0.1) is 0 Å². The Morgan fingerprint density at radius 1 is 1.15 bits per heavy atom. The number of carbonyl (C=O) groups is 3. The molecule has 1 aromatic carbocycles. The van der Waals surface area contributed by atoms with E-state index in [9.17, 15) is 14.4 Å². The molecule has 0 aliphatic carbocycles. The Kier molecular flexibility index (Phi) is 7.05. The minimum Gasteiger partial charge on any atom is -0.464 e. The highest BCUT2D eigenvalue weighted by molar-refractivity contribution is 5.96. The van der Waals surface area contributed by atoms with Gasteiger partial charge in [0.2, 0.25) is 0 Å². The molecular weight excluding hydrogens is 348 g/mol. The molecule has 0 radical (unpaired) electrons. The molecule has 1 N–H and O–H groups in total. The van der Waals surface area contributed by atoms with Gasteiger partial charge in [-0.25, -0.2) is 9.36 Å². The molecule has 2 aromatic rings. The van der Waals surface area contributed by atoms with E-state index in [2.05, 4.69) is 5.32 Å². The highest BCUT2D eigenvalue weighted by Gasteiger charge is 2.24. The van der Waals surface area contributed by atoms with Crippen LogP contribution in [-0.4, -0.2) is 30.5 Å². The second-order valence-electron chi connectivity index (χ2n) is 5.98. The van der Waals surface area contributed by atoms with Crippen molar-refractivity contribution in [3.8, 4) is 5.75 Å². The number of aromatic nitrogens is 1. The average molecular weight is 371 g/mol. The van der Waals surface area contributed by atoms with E-state index in [1.165, 1.54) is 6.92 Å². The minimum absolute atomic E-state index is 0.219. The summed E-state index contributed by atoms with van der Waals surface area (Å²) in [7, 11) is 1.81. The third-order valence-electron chi connectivity index (χ3n) is 3.70. The van der Waals surface area contributed by atoms with Crippen LogP contribution in [0, 0.1) is 0 Å². The maximum Gasteiger partial charge on any atom is 0.328 e. The van der Waals surface area contributed by atoms with Gasteiger partial charge in [0.15, 0.2) is 12.4 Å². The maximum atomic E-state index is 12.5. The minimum atomic E-state index is -0.831. The third-order valence-corrected chi connectivity index (χ3v) is 3.70. The molecule has 1 amide bonds. The van der Waals surface area contributed by atoms with E-state index >= 15 is 0 Å². The van der Waals surface area contributed by atoms with Crippen LogP contribution >= 0.6 is 0 Å². The van der Waals surface area contributed by atoms with Gasteiger partial charge < -0.3 is 14.8 Å². The van der Waals surface area contributed by atoms with Gasteiger partial charge in [0.05, 0.1) is 6.61 Å². The number of nitrogens with one attached hydrogen (secondary N) is 1. The number of ether oxygens (including phenoxy) is 2. The number of amides is 1. The number of hydrogen-bond donors (Lipinski definition) is 1. The Hall–Kier alpha value is -3.22. The van der Waals surface area contributed by atoms with Gasteiger partial charge in [0, 0.05) is 19.4 Å². The Labute approximate surface area is 157 Å². The van der Waals surface area contributed by atoms with Gasteiger partial charge in [0.1, 0.15) is 24.4 Å². The summed E-state index contributed by atoms with van der Waals surface area (Å²) >= 11 is 0. The monoisotopic (exact) mass is 371 g/mol. The first-order valence-electron chi connectivity index (χ1n) is 8.59. The lowest BCUT2D eigenvalue weighted by Crippen LogP contribution is -2.44. The molecular formula is C20H23N2O5+. The number of benzene rings is 1. The van der Waals surface area contributed by atoms with Crippen LogP contribution < -0.4 is 14.6 Å². The third kappa shape index (κ3) is 6.22. The topological polar surface area (TPSA) is 85.6 Å². The fourth-order valence-corrected chi connectivity index (χ4v) is 2.50. The molecule has 0 saturated heterocycles. The number of esters is 2. The summed E-state index contributed by atoms with van der Waals surface area (Å²) in [4.78, 5) is 35.8. The highest BCUT2D eigenvalue weighted by Crippen LogP contribution is 2.14. The van der Waals surface area contributed by atoms with Crippen molar-refractivity contribution in [2.75, 3.05) is 6.61 Å². The van der Waals surface area contributed by atoms with Crippen molar-refractivity contribution in [1.29, 1.82) is 0 Å².